The van der Waals surface area contributed by atoms with Crippen molar-refractivity contribution in [3.63, 3.8) is 0 Å². The average molecular weight is 246 g/mol. The van der Waals surface area contributed by atoms with Gasteiger partial charge in [0.15, 0.2) is 5.78 Å². The van der Waals surface area contributed by atoms with Gasteiger partial charge in [-0.15, -0.1) is 0 Å². The molecule has 0 spiro atoms. The van der Waals surface area contributed by atoms with Crippen molar-refractivity contribution in [3.8, 4) is 0 Å². The first-order chi connectivity index (χ1) is 8.45. The van der Waals surface area contributed by atoms with E-state index >= 15 is 0 Å². The Balaban J connectivity index is 2.11. The molecular weight excluding hydrogens is 228 g/mol. The molecule has 1 heterocycles. The first kappa shape index (κ1) is 11.7. The topological polar surface area (TPSA) is 43.4 Å². The highest BCUT2D eigenvalue weighted by atomic mass is 16.6. The fourth-order valence-corrected chi connectivity index (χ4v) is 3.73. The van der Waals surface area contributed by atoms with Crippen molar-refractivity contribution in [1.29, 1.82) is 0 Å². The van der Waals surface area contributed by atoms with E-state index in [1.165, 1.54) is 0 Å². The Morgan fingerprint density at radius 1 is 1.33 bits per heavy atom. The molecule has 2 fully saturated rings. The minimum Gasteiger partial charge on any atom is -0.457 e. The van der Waals surface area contributed by atoms with Gasteiger partial charge in [0, 0.05) is 5.92 Å². The van der Waals surface area contributed by atoms with Crippen LogP contribution in [0.5, 0.6) is 0 Å². The lowest BCUT2D eigenvalue weighted by Crippen LogP contribution is -2.43. The number of carbonyl (C=O) groups is 2. The van der Waals surface area contributed by atoms with Crippen LogP contribution in [0.25, 0.3) is 0 Å². The summed E-state index contributed by atoms with van der Waals surface area (Å²) in [6, 6.07) is 0. The second-order valence-electron chi connectivity index (χ2n) is 5.98. The van der Waals surface area contributed by atoms with Crippen molar-refractivity contribution < 1.29 is 14.3 Å². The second-order valence-corrected chi connectivity index (χ2v) is 5.98. The molecule has 0 radical (unpaired) electrons. The van der Waals surface area contributed by atoms with E-state index in [0.717, 1.165) is 24.0 Å². The molecule has 1 aliphatic heterocycles. The van der Waals surface area contributed by atoms with E-state index in [1.807, 2.05) is 26.8 Å². The van der Waals surface area contributed by atoms with Crippen LogP contribution < -0.4 is 0 Å². The summed E-state index contributed by atoms with van der Waals surface area (Å²) >= 11 is 0. The van der Waals surface area contributed by atoms with Crippen LogP contribution in [-0.2, 0) is 14.3 Å². The van der Waals surface area contributed by atoms with Gasteiger partial charge >= 0.3 is 5.97 Å². The molecule has 0 aromatic carbocycles. The van der Waals surface area contributed by atoms with Crippen molar-refractivity contribution >= 4 is 11.8 Å². The Bertz CT molecular complexity index is 500. The van der Waals surface area contributed by atoms with Crippen molar-refractivity contribution in [2.45, 2.75) is 39.7 Å². The third-order valence-corrected chi connectivity index (χ3v) is 4.96. The summed E-state index contributed by atoms with van der Waals surface area (Å²) in [7, 11) is 0. The molecule has 3 nitrogen and oxygen atoms in total. The number of fused-ring (bicyclic) bond motifs is 3. The lowest BCUT2D eigenvalue weighted by Gasteiger charge is -2.42. The fourth-order valence-electron chi connectivity index (χ4n) is 3.73. The second kappa shape index (κ2) is 3.56. The number of hydrogen-bond acceptors (Lipinski definition) is 3. The summed E-state index contributed by atoms with van der Waals surface area (Å²) in [5.41, 5.74) is 1.68. The molecule has 4 atom stereocenters. The zero-order valence-corrected chi connectivity index (χ0v) is 11.0. The molecule has 1 saturated carbocycles. The van der Waals surface area contributed by atoms with E-state index in [4.69, 9.17) is 4.74 Å². The molecule has 0 unspecified atom stereocenters. The number of ether oxygens (including phenoxy) is 1. The number of rotatable bonds is 0. The zero-order valence-electron chi connectivity index (χ0n) is 11.0. The predicted molar refractivity (Wildman–Crippen MR) is 66.7 cm³/mol. The number of carbonyl (C=O) groups excluding carboxylic acids is 2. The molecule has 96 valence electrons. The van der Waals surface area contributed by atoms with Crippen molar-refractivity contribution in [2.24, 2.45) is 17.3 Å². The van der Waals surface area contributed by atoms with Crippen LogP contribution in [-0.4, -0.2) is 17.9 Å². The van der Waals surface area contributed by atoms with E-state index in [2.05, 4.69) is 0 Å². The van der Waals surface area contributed by atoms with E-state index in [1.54, 1.807) is 6.08 Å². The van der Waals surface area contributed by atoms with Crippen LogP contribution in [0.4, 0.5) is 0 Å². The Morgan fingerprint density at radius 2 is 2.06 bits per heavy atom. The van der Waals surface area contributed by atoms with Crippen LogP contribution in [0.1, 0.15) is 33.6 Å². The monoisotopic (exact) mass is 246 g/mol. The van der Waals surface area contributed by atoms with Crippen LogP contribution in [0, 0.1) is 17.3 Å². The van der Waals surface area contributed by atoms with Crippen LogP contribution >= 0.6 is 0 Å². The Hall–Kier alpha value is -1.38. The lowest BCUT2D eigenvalue weighted by molar-refractivity contribution is -0.144. The highest BCUT2D eigenvalue weighted by Crippen LogP contribution is 2.52. The number of ketones is 1. The molecule has 1 saturated heterocycles. The molecule has 3 aliphatic rings. The molecule has 3 rings (SSSR count). The number of allylic oxidation sites excluding steroid dienone is 3. The summed E-state index contributed by atoms with van der Waals surface area (Å²) in [6.45, 7) is 5.94. The maximum atomic E-state index is 12.2. The Morgan fingerprint density at radius 3 is 2.78 bits per heavy atom. The molecule has 0 N–H and O–H groups in total. The van der Waals surface area contributed by atoms with Crippen LogP contribution in [0.15, 0.2) is 23.3 Å². The highest BCUT2D eigenvalue weighted by molar-refractivity contribution is 5.99. The molecule has 3 heteroatoms. The largest absolute Gasteiger partial charge is 0.457 e. The third kappa shape index (κ3) is 1.30. The molecule has 18 heavy (non-hydrogen) atoms. The number of hydrogen-bond donors (Lipinski definition) is 0. The molecule has 0 bridgehead atoms. The zero-order chi connectivity index (χ0) is 13.1. The van der Waals surface area contributed by atoms with Gasteiger partial charge in [-0.3, -0.25) is 9.59 Å². The summed E-state index contributed by atoms with van der Waals surface area (Å²) in [5.74, 6) is 0.240. The minimum atomic E-state index is -0.454. The van der Waals surface area contributed by atoms with E-state index in [0.29, 0.717) is 0 Å². The van der Waals surface area contributed by atoms with Crippen molar-refractivity contribution in [1.82, 2.24) is 0 Å². The molecule has 0 aromatic heterocycles. The standard InChI is InChI=1S/C15H18O3/c1-8-4-5-11(16)15(3)7-6-10-9(2)14(17)18-13(10)12(8)15/h4-5,9-10,13H,6-7H2,1-3H3/t9-,10-,13-,15-/m0/s1. The lowest BCUT2D eigenvalue weighted by atomic mass is 9.60. The van der Waals surface area contributed by atoms with E-state index in [9.17, 15) is 9.59 Å². The van der Waals surface area contributed by atoms with Gasteiger partial charge < -0.3 is 4.74 Å². The summed E-state index contributed by atoms with van der Waals surface area (Å²) < 4.78 is 5.55. The van der Waals surface area contributed by atoms with E-state index < -0.39 is 5.41 Å². The van der Waals surface area contributed by atoms with Gasteiger partial charge in [-0.2, -0.15) is 0 Å². The smallest absolute Gasteiger partial charge is 0.309 e. The van der Waals surface area contributed by atoms with Crippen LogP contribution in [0.3, 0.4) is 0 Å². The number of esters is 1. The maximum absolute atomic E-state index is 12.2. The van der Waals surface area contributed by atoms with Gasteiger partial charge in [-0.05, 0) is 43.9 Å². The maximum Gasteiger partial charge on any atom is 0.309 e. The molecule has 2 aliphatic carbocycles. The third-order valence-electron chi connectivity index (χ3n) is 4.96. The molecule has 0 aromatic rings. The van der Waals surface area contributed by atoms with Gasteiger partial charge in [-0.1, -0.05) is 13.0 Å². The predicted octanol–water partition coefficient (Wildman–Crippen LogP) is 2.42. The van der Waals surface area contributed by atoms with Gasteiger partial charge in [0.1, 0.15) is 6.10 Å². The first-order valence-electron chi connectivity index (χ1n) is 6.59. The van der Waals surface area contributed by atoms with Crippen LogP contribution in [0.2, 0.25) is 0 Å². The summed E-state index contributed by atoms with van der Waals surface area (Å²) in [4.78, 5) is 23.9. The SMILES string of the molecule is CC1=C2[C@H]3OC(=O)[C@@H](C)[C@@H]3CC[C@@]2(C)C(=O)C=C1. The summed E-state index contributed by atoms with van der Waals surface area (Å²) in [5, 5.41) is 0. The van der Waals surface area contributed by atoms with E-state index in [-0.39, 0.29) is 29.7 Å². The van der Waals surface area contributed by atoms with Gasteiger partial charge in [0.25, 0.3) is 0 Å². The molecule has 0 amide bonds. The van der Waals surface area contributed by atoms with Crippen molar-refractivity contribution in [3.05, 3.63) is 23.3 Å². The minimum absolute atomic E-state index is 0.0409. The van der Waals surface area contributed by atoms with Gasteiger partial charge in [-0.25, -0.2) is 0 Å². The van der Waals surface area contributed by atoms with Gasteiger partial charge in [0.05, 0.1) is 11.3 Å². The highest BCUT2D eigenvalue weighted by Gasteiger charge is 2.54. The Kier molecular flexibility index (Phi) is 2.31. The van der Waals surface area contributed by atoms with Crippen molar-refractivity contribution in [2.75, 3.05) is 0 Å². The first-order valence-corrected chi connectivity index (χ1v) is 6.59. The normalized spacial score (nSPS) is 42.7. The fraction of sp³-hybridized carbons (Fsp3) is 0.600. The van der Waals surface area contributed by atoms with Gasteiger partial charge in [0.2, 0.25) is 0 Å². The average Bonchev–Trinajstić information content (AvgIpc) is 2.60. The molecular formula is C15H18O3. The summed E-state index contributed by atoms with van der Waals surface area (Å²) in [6.07, 6.45) is 5.06. The Labute approximate surface area is 107 Å². The quantitative estimate of drug-likeness (QED) is 0.616.